The molecule has 0 aromatic heterocycles. The summed E-state index contributed by atoms with van der Waals surface area (Å²) in [6.07, 6.45) is 3.44. The van der Waals surface area contributed by atoms with Crippen LogP contribution in [-0.2, 0) is 0 Å². The molecule has 0 fully saturated rings. The summed E-state index contributed by atoms with van der Waals surface area (Å²) < 4.78 is 18.3. The first-order chi connectivity index (χ1) is 6.75. The maximum absolute atomic E-state index is 13.2. The highest BCUT2D eigenvalue weighted by atomic mass is 35.5. The maximum atomic E-state index is 13.2. The Balaban J connectivity index is 2.59. The van der Waals surface area contributed by atoms with Crippen molar-refractivity contribution < 1.29 is 9.13 Å². The molecule has 0 saturated carbocycles. The molecule has 0 aliphatic carbocycles. The normalized spacial score (nSPS) is 10.8. The van der Waals surface area contributed by atoms with Gasteiger partial charge in [0.15, 0.2) is 11.6 Å². The Morgan fingerprint density at radius 3 is 2.86 bits per heavy atom. The summed E-state index contributed by atoms with van der Waals surface area (Å²) in [5, 5.41) is 0.0591. The molecule has 1 rings (SSSR count). The minimum atomic E-state index is -0.534. The Kier molecular flexibility index (Phi) is 4.77. The Hall–Kier alpha value is -0.730. The average molecular weight is 235 g/mol. The molecule has 0 spiro atoms. The molecule has 0 saturated heterocycles. The third-order valence-electron chi connectivity index (χ3n) is 1.51. The number of rotatable bonds is 4. The van der Waals surface area contributed by atoms with Crippen molar-refractivity contribution >= 4 is 23.2 Å². The molecule has 0 N–H and O–H groups in total. The lowest BCUT2D eigenvalue weighted by molar-refractivity contribution is 0.341. The minimum Gasteiger partial charge on any atom is -0.486 e. The molecule has 4 heteroatoms. The van der Waals surface area contributed by atoms with Crippen molar-refractivity contribution in [1.29, 1.82) is 0 Å². The number of hydrogen-bond acceptors (Lipinski definition) is 1. The van der Waals surface area contributed by atoms with E-state index in [1.165, 1.54) is 12.1 Å². The van der Waals surface area contributed by atoms with E-state index < -0.39 is 5.82 Å². The third kappa shape index (κ3) is 3.20. The Bertz CT molecular complexity index is 326. The number of halogens is 3. The third-order valence-corrected chi connectivity index (χ3v) is 1.98. The van der Waals surface area contributed by atoms with Gasteiger partial charge in [0.05, 0.1) is 5.02 Å². The molecule has 0 amide bonds. The fourth-order valence-corrected chi connectivity index (χ4v) is 1.16. The van der Waals surface area contributed by atoms with Gasteiger partial charge in [-0.05, 0) is 12.1 Å². The molecule has 1 aromatic rings. The molecule has 1 nitrogen and oxygen atoms in total. The van der Waals surface area contributed by atoms with E-state index in [0.717, 1.165) is 0 Å². The van der Waals surface area contributed by atoms with Gasteiger partial charge in [-0.2, -0.15) is 0 Å². The lowest BCUT2D eigenvalue weighted by atomic mass is 10.3. The van der Waals surface area contributed by atoms with Gasteiger partial charge in [0.25, 0.3) is 0 Å². The monoisotopic (exact) mass is 234 g/mol. The van der Waals surface area contributed by atoms with Crippen molar-refractivity contribution in [2.45, 2.75) is 0 Å². The quantitative estimate of drug-likeness (QED) is 0.571. The van der Waals surface area contributed by atoms with E-state index in [9.17, 15) is 4.39 Å². The van der Waals surface area contributed by atoms with E-state index in [2.05, 4.69) is 0 Å². The Morgan fingerprint density at radius 1 is 1.36 bits per heavy atom. The summed E-state index contributed by atoms with van der Waals surface area (Å²) in [5.41, 5.74) is 0. The van der Waals surface area contributed by atoms with Crippen LogP contribution in [0, 0.1) is 5.82 Å². The number of ether oxygens (including phenoxy) is 1. The first-order valence-electron chi connectivity index (χ1n) is 4.03. The van der Waals surface area contributed by atoms with Gasteiger partial charge >= 0.3 is 0 Å². The molecule has 0 unspecified atom stereocenters. The predicted molar refractivity (Wildman–Crippen MR) is 56.8 cm³/mol. The molecule has 1 aromatic carbocycles. The van der Waals surface area contributed by atoms with Crippen molar-refractivity contribution in [2.24, 2.45) is 0 Å². The zero-order chi connectivity index (χ0) is 10.4. The van der Waals surface area contributed by atoms with Gasteiger partial charge in [0.1, 0.15) is 6.61 Å². The molecule has 0 radical (unpaired) electrons. The zero-order valence-corrected chi connectivity index (χ0v) is 8.85. The van der Waals surface area contributed by atoms with Crippen LogP contribution in [0.5, 0.6) is 5.75 Å². The lowest BCUT2D eigenvalue weighted by Gasteiger charge is -2.04. The van der Waals surface area contributed by atoms with E-state index in [-0.39, 0.29) is 17.4 Å². The summed E-state index contributed by atoms with van der Waals surface area (Å²) in [6.45, 7) is 0.282. The fraction of sp³-hybridized carbons (Fsp3) is 0.200. The van der Waals surface area contributed by atoms with Crippen LogP contribution in [0.1, 0.15) is 0 Å². The van der Waals surface area contributed by atoms with Gasteiger partial charge in [-0.3, -0.25) is 0 Å². The van der Waals surface area contributed by atoms with E-state index in [0.29, 0.717) is 5.88 Å². The summed E-state index contributed by atoms with van der Waals surface area (Å²) in [5.74, 6) is 0.0339. The van der Waals surface area contributed by atoms with Crippen molar-refractivity contribution in [3.8, 4) is 5.75 Å². The van der Waals surface area contributed by atoms with Gasteiger partial charge in [0.2, 0.25) is 0 Å². The summed E-state index contributed by atoms with van der Waals surface area (Å²) >= 11 is 11.0. The van der Waals surface area contributed by atoms with E-state index in [4.69, 9.17) is 27.9 Å². The summed E-state index contributed by atoms with van der Waals surface area (Å²) in [6, 6.07) is 4.63. The average Bonchev–Trinajstić information content (AvgIpc) is 2.19. The van der Waals surface area contributed by atoms with Crippen LogP contribution >= 0.6 is 23.2 Å². The van der Waals surface area contributed by atoms with Crippen LogP contribution in [-0.4, -0.2) is 12.5 Å². The zero-order valence-electron chi connectivity index (χ0n) is 7.34. The second kappa shape index (κ2) is 5.89. The van der Waals surface area contributed by atoms with Crippen LogP contribution < -0.4 is 4.74 Å². The Morgan fingerprint density at radius 2 is 2.14 bits per heavy atom. The van der Waals surface area contributed by atoms with Crippen LogP contribution in [0.3, 0.4) is 0 Å². The smallest absolute Gasteiger partial charge is 0.183 e. The second-order valence-electron chi connectivity index (χ2n) is 2.49. The van der Waals surface area contributed by atoms with Crippen molar-refractivity contribution in [1.82, 2.24) is 0 Å². The molecule has 14 heavy (non-hydrogen) atoms. The van der Waals surface area contributed by atoms with Crippen LogP contribution in [0.4, 0.5) is 4.39 Å². The molecule has 0 heterocycles. The topological polar surface area (TPSA) is 9.23 Å². The SMILES string of the molecule is Fc1c(Cl)cccc1OC/C=C/CCl. The van der Waals surface area contributed by atoms with Crippen molar-refractivity contribution in [3.63, 3.8) is 0 Å². The molecular formula is C10H9Cl2FO. The van der Waals surface area contributed by atoms with Gasteiger partial charge in [-0.1, -0.05) is 29.8 Å². The molecule has 0 bridgehead atoms. The molecule has 0 aliphatic heterocycles. The number of benzene rings is 1. The summed E-state index contributed by atoms with van der Waals surface area (Å²) in [7, 11) is 0. The largest absolute Gasteiger partial charge is 0.486 e. The number of alkyl halides is 1. The van der Waals surface area contributed by atoms with Gasteiger partial charge in [0, 0.05) is 5.88 Å². The van der Waals surface area contributed by atoms with E-state index in [1.54, 1.807) is 18.2 Å². The molecule has 76 valence electrons. The predicted octanol–water partition coefficient (Wildman–Crippen LogP) is 3.65. The first kappa shape index (κ1) is 11.3. The van der Waals surface area contributed by atoms with E-state index >= 15 is 0 Å². The highest BCUT2D eigenvalue weighted by molar-refractivity contribution is 6.30. The number of hydrogen-bond donors (Lipinski definition) is 0. The van der Waals surface area contributed by atoms with Gasteiger partial charge in [-0.15, -0.1) is 11.6 Å². The molecule has 0 atom stereocenters. The van der Waals surface area contributed by atoms with Crippen LogP contribution in [0.15, 0.2) is 30.4 Å². The summed E-state index contributed by atoms with van der Waals surface area (Å²) in [4.78, 5) is 0. The van der Waals surface area contributed by atoms with Crippen LogP contribution in [0.25, 0.3) is 0 Å². The minimum absolute atomic E-state index is 0.0591. The van der Waals surface area contributed by atoms with Gasteiger partial charge < -0.3 is 4.74 Å². The van der Waals surface area contributed by atoms with Crippen molar-refractivity contribution in [3.05, 3.63) is 41.2 Å². The number of allylic oxidation sites excluding steroid dienone is 1. The van der Waals surface area contributed by atoms with Crippen molar-refractivity contribution in [2.75, 3.05) is 12.5 Å². The first-order valence-corrected chi connectivity index (χ1v) is 4.94. The molecular weight excluding hydrogens is 226 g/mol. The second-order valence-corrected chi connectivity index (χ2v) is 3.20. The van der Waals surface area contributed by atoms with E-state index in [1.807, 2.05) is 0 Å². The lowest BCUT2D eigenvalue weighted by Crippen LogP contribution is -1.96. The fourth-order valence-electron chi connectivity index (χ4n) is 0.864. The standard InChI is InChI=1S/C10H9Cl2FO/c11-6-1-2-7-14-9-5-3-4-8(12)10(9)13/h1-5H,6-7H2/b2-1+. The maximum Gasteiger partial charge on any atom is 0.183 e. The Labute approximate surface area is 92.1 Å². The van der Waals surface area contributed by atoms with Crippen LogP contribution in [0.2, 0.25) is 5.02 Å². The highest BCUT2D eigenvalue weighted by Crippen LogP contribution is 2.23. The molecule has 0 aliphatic rings. The highest BCUT2D eigenvalue weighted by Gasteiger charge is 2.05. The van der Waals surface area contributed by atoms with Gasteiger partial charge in [-0.25, -0.2) is 4.39 Å².